The Morgan fingerprint density at radius 3 is 1.94 bits per heavy atom. The summed E-state index contributed by atoms with van der Waals surface area (Å²) in [6, 6.07) is -1.14. The second-order valence-corrected chi connectivity index (χ2v) is 17.8. The van der Waals surface area contributed by atoms with Gasteiger partial charge in [-0.05, 0) is 52.4 Å². The fourth-order valence-corrected chi connectivity index (χ4v) is 8.11. The van der Waals surface area contributed by atoms with Crippen LogP contribution in [0.4, 0.5) is 0 Å². The van der Waals surface area contributed by atoms with Crippen molar-refractivity contribution < 1.29 is 84.7 Å². The molecule has 19 atom stereocenters. The van der Waals surface area contributed by atoms with Crippen molar-refractivity contribution in [3.63, 3.8) is 0 Å². The van der Waals surface area contributed by atoms with E-state index in [1.54, 1.807) is 38.2 Å². The smallest absolute Gasteiger partial charge is 0.311 e. The lowest BCUT2D eigenvalue weighted by molar-refractivity contribution is -0.310. The third-order valence-electron chi connectivity index (χ3n) is 12.2. The molecular formula is C47H75NO17. The van der Waals surface area contributed by atoms with E-state index < -0.39 is 141 Å². The van der Waals surface area contributed by atoms with Gasteiger partial charge in [0.05, 0.1) is 79.6 Å². The Hall–Kier alpha value is -3.18. The molecule has 3 aliphatic heterocycles. The van der Waals surface area contributed by atoms with Crippen LogP contribution in [-0.2, 0) is 28.5 Å². The van der Waals surface area contributed by atoms with Gasteiger partial charge in [-0.3, -0.25) is 9.59 Å². The molecule has 3 heterocycles. The van der Waals surface area contributed by atoms with Crippen molar-refractivity contribution in [2.75, 3.05) is 0 Å². The minimum absolute atomic E-state index is 0.138. The number of carboxylic acids is 1. The molecule has 18 nitrogen and oxygen atoms in total. The van der Waals surface area contributed by atoms with Crippen LogP contribution in [0.25, 0.3) is 0 Å². The van der Waals surface area contributed by atoms with Gasteiger partial charge in [0.25, 0.3) is 0 Å². The summed E-state index contributed by atoms with van der Waals surface area (Å²) >= 11 is 0. The van der Waals surface area contributed by atoms with Crippen LogP contribution in [0.2, 0.25) is 0 Å². The number of esters is 1. The molecule has 2 fully saturated rings. The number of carbonyl (C=O) groups excluding carboxylic acids is 1. The van der Waals surface area contributed by atoms with E-state index in [4.69, 9.17) is 24.7 Å². The predicted octanol–water partition coefficient (Wildman–Crippen LogP) is 0.936. The number of cyclic esters (lactones) is 1. The monoisotopic (exact) mass is 926 g/mol. The van der Waals surface area contributed by atoms with Crippen LogP contribution in [0.5, 0.6) is 0 Å². The summed E-state index contributed by atoms with van der Waals surface area (Å²) in [6.07, 6.45) is 2.28. The van der Waals surface area contributed by atoms with E-state index in [1.165, 1.54) is 13.0 Å². The summed E-state index contributed by atoms with van der Waals surface area (Å²) in [6.45, 7) is 6.78. The van der Waals surface area contributed by atoms with E-state index in [2.05, 4.69) is 0 Å². The van der Waals surface area contributed by atoms with E-state index >= 15 is 0 Å². The number of aliphatic hydroxyl groups is 10. The van der Waals surface area contributed by atoms with Gasteiger partial charge in [-0.2, -0.15) is 0 Å². The Morgan fingerprint density at radius 1 is 0.692 bits per heavy atom. The zero-order valence-electron chi connectivity index (χ0n) is 37.8. The quantitative estimate of drug-likeness (QED) is 0.175. The molecule has 65 heavy (non-hydrogen) atoms. The van der Waals surface area contributed by atoms with Crippen LogP contribution in [-0.4, -0.2) is 166 Å². The molecule has 9 unspecified atom stereocenters. The Kier molecular flexibility index (Phi) is 23.8. The summed E-state index contributed by atoms with van der Waals surface area (Å²) in [4.78, 5) is 25.1. The first-order valence-corrected chi connectivity index (χ1v) is 22.6. The van der Waals surface area contributed by atoms with Gasteiger partial charge in [-0.1, -0.05) is 86.8 Å². The van der Waals surface area contributed by atoms with Gasteiger partial charge in [-0.15, -0.1) is 0 Å². The largest absolute Gasteiger partial charge is 0.481 e. The molecule has 0 amide bonds. The Bertz CT molecular complexity index is 1620. The maximum absolute atomic E-state index is 12.6. The minimum Gasteiger partial charge on any atom is -0.481 e. The highest BCUT2D eigenvalue weighted by atomic mass is 16.7. The van der Waals surface area contributed by atoms with Gasteiger partial charge < -0.3 is 80.9 Å². The SMILES string of the molecule is C[C@@H]1[C@H](O)[C@@H](C)/C=C/C=C/CC/C=C/C=C/C=C/C=C/C(OC2O[C@H](C)[C@@H](O)[C@H](N)[C@@H]2O)CC2O[C@](O)(CC(O)C(O)CCC(O)CC(O)CC(O)CC(=O)O[C@H]1C)C[C@H](O)C2C(=O)O. The fourth-order valence-electron chi connectivity index (χ4n) is 8.11. The molecule has 0 aliphatic carbocycles. The number of allylic oxidation sites excluding steroid dienone is 10. The summed E-state index contributed by atoms with van der Waals surface area (Å²) in [5, 5.41) is 118. The summed E-state index contributed by atoms with van der Waals surface area (Å²) in [7, 11) is 0. The van der Waals surface area contributed by atoms with Crippen LogP contribution in [0.3, 0.4) is 0 Å². The molecular weight excluding hydrogens is 851 g/mol. The highest BCUT2D eigenvalue weighted by Crippen LogP contribution is 2.38. The molecule has 0 aromatic heterocycles. The van der Waals surface area contributed by atoms with E-state index in [0.717, 1.165) is 12.8 Å². The zero-order valence-corrected chi connectivity index (χ0v) is 37.8. The first-order valence-electron chi connectivity index (χ1n) is 22.6. The van der Waals surface area contributed by atoms with Crippen molar-refractivity contribution in [2.45, 2.75) is 189 Å². The number of aliphatic carboxylic acids is 1. The lowest BCUT2D eigenvalue weighted by Gasteiger charge is -2.45. The highest BCUT2D eigenvalue weighted by Gasteiger charge is 2.51. The van der Waals surface area contributed by atoms with Crippen molar-refractivity contribution in [1.29, 1.82) is 0 Å². The summed E-state index contributed by atoms with van der Waals surface area (Å²) in [5.41, 5.74) is 6.02. The van der Waals surface area contributed by atoms with Gasteiger partial charge in [0.15, 0.2) is 12.1 Å². The normalized spacial score (nSPS) is 45.2. The second kappa shape index (κ2) is 27.6. The second-order valence-electron chi connectivity index (χ2n) is 17.8. The Balaban J connectivity index is 1.84. The number of aliphatic hydroxyl groups excluding tert-OH is 9. The van der Waals surface area contributed by atoms with Gasteiger partial charge in [0.1, 0.15) is 18.1 Å². The van der Waals surface area contributed by atoms with Crippen molar-refractivity contribution in [1.82, 2.24) is 0 Å². The molecule has 0 radical (unpaired) electrons. The lowest BCUT2D eigenvalue weighted by atomic mass is 9.82. The third-order valence-corrected chi connectivity index (χ3v) is 12.2. The lowest BCUT2D eigenvalue weighted by Crippen LogP contribution is -2.61. The number of hydrogen-bond acceptors (Lipinski definition) is 17. The highest BCUT2D eigenvalue weighted by molar-refractivity contribution is 5.71. The van der Waals surface area contributed by atoms with E-state index in [-0.39, 0.29) is 38.0 Å². The predicted molar refractivity (Wildman–Crippen MR) is 237 cm³/mol. The number of nitrogens with two attached hydrogens (primary N) is 1. The molecule has 18 heteroatoms. The average molecular weight is 926 g/mol. The molecule has 0 aromatic rings. The molecule has 0 saturated carbocycles. The van der Waals surface area contributed by atoms with Crippen LogP contribution < -0.4 is 5.73 Å². The topological polar surface area (TPSA) is 320 Å². The Labute approximate surface area is 381 Å². The number of fused-ring (bicyclic) bond motifs is 2. The zero-order chi connectivity index (χ0) is 48.4. The number of carboxylic acid groups (broad SMARTS) is 1. The maximum atomic E-state index is 12.6. The van der Waals surface area contributed by atoms with E-state index in [1.807, 2.05) is 49.5 Å². The van der Waals surface area contributed by atoms with Gasteiger partial charge in [0.2, 0.25) is 0 Å². The van der Waals surface area contributed by atoms with Gasteiger partial charge in [-0.25, -0.2) is 0 Å². The van der Waals surface area contributed by atoms with Crippen molar-refractivity contribution in [3.8, 4) is 0 Å². The molecule has 2 bridgehead atoms. The molecule has 0 aromatic carbocycles. The first kappa shape index (κ1) is 56.1. The van der Waals surface area contributed by atoms with Gasteiger partial charge >= 0.3 is 11.9 Å². The number of ether oxygens (including phenoxy) is 4. The van der Waals surface area contributed by atoms with E-state index in [9.17, 15) is 65.8 Å². The number of hydrogen-bond donors (Lipinski definition) is 12. The van der Waals surface area contributed by atoms with Crippen molar-refractivity contribution in [2.24, 2.45) is 23.5 Å². The van der Waals surface area contributed by atoms with Crippen molar-refractivity contribution in [3.05, 3.63) is 72.9 Å². The number of carbonyl (C=O) groups is 2. The standard InChI is InChI=1S/C47H75NO17/c1-27-17-15-13-11-9-7-5-6-8-10-12-14-16-18-34(64-46-44(58)41(48)43(57)30(4)63-46)24-38-40(45(59)60)37(54)26-47(61,65-38)25-36(53)35(52)20-19-31(49)21-32(50)22-33(51)23-39(55)62-29(3)28(2)42(27)56/h5-6,8,10-18,27-38,40-44,46,49-54,56-58,61H,7,9,19-26,48H2,1-4H3,(H,59,60)/b6-5+,10-8+,13-11+,14-12+,17-15+,18-16+/t27-,28-,29-,30+,31?,32?,33?,34?,35?,36?,37-,38?,40?,41-,42+,43+,44-,46?,47+/m0/s1. The van der Waals surface area contributed by atoms with Crippen LogP contribution in [0.15, 0.2) is 72.9 Å². The summed E-state index contributed by atoms with van der Waals surface area (Å²) < 4.78 is 23.2. The maximum Gasteiger partial charge on any atom is 0.311 e. The van der Waals surface area contributed by atoms with Gasteiger partial charge in [0, 0.05) is 31.1 Å². The molecule has 370 valence electrons. The molecule has 13 N–H and O–H groups in total. The van der Waals surface area contributed by atoms with E-state index in [0.29, 0.717) is 0 Å². The summed E-state index contributed by atoms with van der Waals surface area (Å²) in [5.74, 6) is -6.82. The first-order chi connectivity index (χ1) is 30.6. The minimum atomic E-state index is -2.35. The average Bonchev–Trinajstić information content (AvgIpc) is 3.21. The molecule has 3 rings (SSSR count). The number of rotatable bonds is 3. The molecule has 2 saturated heterocycles. The van der Waals surface area contributed by atoms with Crippen LogP contribution in [0, 0.1) is 17.8 Å². The molecule has 0 spiro atoms. The van der Waals surface area contributed by atoms with Crippen molar-refractivity contribution >= 4 is 11.9 Å². The van der Waals surface area contributed by atoms with Crippen LogP contribution >= 0.6 is 0 Å². The third kappa shape index (κ3) is 18.8. The fraction of sp³-hybridized carbons (Fsp3) is 0.702. The molecule has 3 aliphatic rings. The Morgan fingerprint density at radius 2 is 1.28 bits per heavy atom. The van der Waals surface area contributed by atoms with Crippen LogP contribution in [0.1, 0.15) is 91.9 Å².